The highest BCUT2D eigenvalue weighted by Crippen LogP contribution is 2.42. The van der Waals surface area contributed by atoms with E-state index in [1.165, 1.54) is 6.20 Å². The minimum absolute atomic E-state index is 0.0921. The van der Waals surface area contributed by atoms with Gasteiger partial charge in [0, 0.05) is 37.8 Å². The van der Waals surface area contributed by atoms with E-state index in [0.717, 1.165) is 25.1 Å². The maximum atomic E-state index is 12.9. The smallest absolute Gasteiger partial charge is 0.417 e. The van der Waals surface area contributed by atoms with E-state index >= 15 is 0 Å². The van der Waals surface area contributed by atoms with Gasteiger partial charge < -0.3 is 14.5 Å². The molecule has 1 atom stereocenters. The number of nitrogens with zero attached hydrogens (tertiary/aromatic N) is 3. The molecular weight excluding hydrogens is 347 g/mol. The molecule has 3 rings (SSSR count). The number of ether oxygens (including phenoxy) is 1. The van der Waals surface area contributed by atoms with Gasteiger partial charge >= 0.3 is 12.3 Å². The number of halogens is 3. The topological polar surface area (TPSA) is 45.7 Å². The normalized spacial score (nSPS) is 23.8. The minimum atomic E-state index is -4.40. The van der Waals surface area contributed by atoms with Gasteiger partial charge in [-0.1, -0.05) is 0 Å². The standard InChI is InChI=1S/C18H24F3N3O2/c1-16(2,3)26-15(25)24-7-5-17(12-24)4-6-23(11-17)14-8-13(9-22-10-14)18(19,20)21/h8-10H,4-7,11-12H2,1-3H3. The van der Waals surface area contributed by atoms with E-state index in [2.05, 4.69) is 4.98 Å². The fourth-order valence-corrected chi connectivity index (χ4v) is 3.66. The molecule has 2 saturated heterocycles. The van der Waals surface area contributed by atoms with Crippen molar-refractivity contribution in [1.82, 2.24) is 9.88 Å². The van der Waals surface area contributed by atoms with Gasteiger partial charge in [-0.2, -0.15) is 13.2 Å². The number of hydrogen-bond acceptors (Lipinski definition) is 4. The van der Waals surface area contributed by atoms with E-state index in [1.807, 2.05) is 25.7 Å². The third-order valence-electron chi connectivity index (χ3n) is 4.94. The molecule has 0 aromatic carbocycles. The summed E-state index contributed by atoms with van der Waals surface area (Å²) >= 11 is 0. The van der Waals surface area contributed by atoms with Crippen LogP contribution in [0.5, 0.6) is 0 Å². The van der Waals surface area contributed by atoms with Crippen molar-refractivity contribution in [2.45, 2.75) is 45.4 Å². The monoisotopic (exact) mass is 371 g/mol. The van der Waals surface area contributed by atoms with Gasteiger partial charge in [-0.15, -0.1) is 0 Å². The second-order valence-electron chi connectivity index (χ2n) is 8.25. The van der Waals surface area contributed by atoms with Crippen molar-refractivity contribution in [2.24, 2.45) is 5.41 Å². The zero-order valence-electron chi connectivity index (χ0n) is 15.3. The molecule has 1 unspecified atom stereocenters. The fraction of sp³-hybridized carbons (Fsp3) is 0.667. The van der Waals surface area contributed by atoms with Gasteiger partial charge in [0.15, 0.2) is 0 Å². The van der Waals surface area contributed by atoms with E-state index in [4.69, 9.17) is 4.74 Å². The quantitative estimate of drug-likeness (QED) is 0.750. The van der Waals surface area contributed by atoms with Crippen LogP contribution in [0.3, 0.4) is 0 Å². The molecule has 26 heavy (non-hydrogen) atoms. The molecule has 2 fully saturated rings. The van der Waals surface area contributed by atoms with Crippen molar-refractivity contribution in [3.63, 3.8) is 0 Å². The highest BCUT2D eigenvalue weighted by Gasteiger charge is 2.46. The van der Waals surface area contributed by atoms with Crippen molar-refractivity contribution in [3.8, 4) is 0 Å². The van der Waals surface area contributed by atoms with Gasteiger partial charge in [0.2, 0.25) is 0 Å². The highest BCUT2D eigenvalue weighted by atomic mass is 19.4. The Bertz CT molecular complexity index is 687. The van der Waals surface area contributed by atoms with Crippen molar-refractivity contribution >= 4 is 11.8 Å². The number of amides is 1. The van der Waals surface area contributed by atoms with E-state index in [-0.39, 0.29) is 11.5 Å². The number of likely N-dealkylation sites (tertiary alicyclic amines) is 1. The molecule has 0 radical (unpaired) electrons. The Balaban J connectivity index is 1.67. The summed E-state index contributed by atoms with van der Waals surface area (Å²) in [5, 5.41) is 0. The van der Waals surface area contributed by atoms with Gasteiger partial charge in [0.1, 0.15) is 5.60 Å². The Kier molecular flexibility index (Phi) is 4.56. The maximum absolute atomic E-state index is 12.9. The predicted molar refractivity (Wildman–Crippen MR) is 90.9 cm³/mol. The number of pyridine rings is 1. The molecule has 3 heterocycles. The van der Waals surface area contributed by atoms with Gasteiger partial charge in [-0.3, -0.25) is 4.98 Å². The molecule has 1 spiro atoms. The average molecular weight is 371 g/mol. The van der Waals surface area contributed by atoms with Gasteiger partial charge in [-0.05, 0) is 39.7 Å². The van der Waals surface area contributed by atoms with E-state index in [1.54, 1.807) is 4.90 Å². The van der Waals surface area contributed by atoms with Gasteiger partial charge in [-0.25, -0.2) is 4.79 Å². The van der Waals surface area contributed by atoms with Crippen molar-refractivity contribution < 1.29 is 22.7 Å². The molecule has 2 aliphatic heterocycles. The summed E-state index contributed by atoms with van der Waals surface area (Å²) in [4.78, 5) is 19.6. The molecule has 1 amide bonds. The first-order chi connectivity index (χ1) is 12.0. The van der Waals surface area contributed by atoms with Crippen molar-refractivity contribution in [2.75, 3.05) is 31.1 Å². The molecule has 1 aromatic rings. The first-order valence-corrected chi connectivity index (χ1v) is 8.73. The Morgan fingerprint density at radius 2 is 1.85 bits per heavy atom. The van der Waals surface area contributed by atoms with Crippen LogP contribution in [-0.2, 0) is 10.9 Å². The van der Waals surface area contributed by atoms with Crippen LogP contribution in [0.25, 0.3) is 0 Å². The summed E-state index contributed by atoms with van der Waals surface area (Å²) in [6.07, 6.45) is -0.753. The lowest BCUT2D eigenvalue weighted by Crippen LogP contribution is -2.37. The Morgan fingerprint density at radius 1 is 1.15 bits per heavy atom. The number of rotatable bonds is 1. The van der Waals surface area contributed by atoms with Crippen LogP contribution in [0.2, 0.25) is 0 Å². The molecule has 0 saturated carbocycles. The van der Waals surface area contributed by atoms with Gasteiger partial charge in [0.25, 0.3) is 0 Å². The summed E-state index contributed by atoms with van der Waals surface area (Å²) in [5.41, 5.74) is -0.895. The van der Waals surface area contributed by atoms with Crippen LogP contribution in [-0.4, -0.2) is 47.8 Å². The minimum Gasteiger partial charge on any atom is -0.444 e. The summed E-state index contributed by atoms with van der Waals surface area (Å²) in [6, 6.07) is 1.15. The molecule has 1 aromatic heterocycles. The largest absolute Gasteiger partial charge is 0.444 e. The number of anilines is 1. The zero-order valence-corrected chi connectivity index (χ0v) is 15.3. The van der Waals surface area contributed by atoms with Crippen LogP contribution < -0.4 is 4.90 Å². The number of carbonyl (C=O) groups is 1. The maximum Gasteiger partial charge on any atom is 0.417 e. The lowest BCUT2D eigenvalue weighted by molar-refractivity contribution is -0.137. The second kappa shape index (κ2) is 6.32. The Hall–Kier alpha value is -1.99. The van der Waals surface area contributed by atoms with Crippen molar-refractivity contribution in [3.05, 3.63) is 24.0 Å². The van der Waals surface area contributed by atoms with E-state index < -0.39 is 17.3 Å². The van der Waals surface area contributed by atoms with Crippen LogP contribution in [0.4, 0.5) is 23.7 Å². The highest BCUT2D eigenvalue weighted by molar-refractivity contribution is 5.68. The zero-order chi connectivity index (χ0) is 19.2. The molecule has 8 heteroatoms. The van der Waals surface area contributed by atoms with Gasteiger partial charge in [0.05, 0.1) is 17.4 Å². The Labute approximate surface area is 151 Å². The van der Waals surface area contributed by atoms with E-state index in [0.29, 0.717) is 31.9 Å². The third kappa shape index (κ3) is 4.04. The third-order valence-corrected chi connectivity index (χ3v) is 4.94. The molecule has 0 bridgehead atoms. The molecule has 5 nitrogen and oxygen atoms in total. The summed E-state index contributed by atoms with van der Waals surface area (Å²) < 4.78 is 44.2. The lowest BCUT2D eigenvalue weighted by Gasteiger charge is -2.27. The summed E-state index contributed by atoms with van der Waals surface area (Å²) in [6.45, 7) is 7.95. The number of alkyl halides is 3. The van der Waals surface area contributed by atoms with E-state index in [9.17, 15) is 18.0 Å². The first kappa shape index (κ1) is 18.8. The molecule has 0 N–H and O–H groups in total. The van der Waals surface area contributed by atoms with Crippen molar-refractivity contribution in [1.29, 1.82) is 0 Å². The fourth-order valence-electron chi connectivity index (χ4n) is 3.66. The second-order valence-corrected chi connectivity index (χ2v) is 8.25. The SMILES string of the molecule is CC(C)(C)OC(=O)N1CCC2(CCN(c3cncc(C(F)(F)F)c3)C2)C1. The number of aromatic nitrogens is 1. The average Bonchev–Trinajstić information content (AvgIpc) is 3.13. The first-order valence-electron chi connectivity index (χ1n) is 8.73. The predicted octanol–water partition coefficient (Wildman–Crippen LogP) is 3.94. The number of hydrogen-bond donors (Lipinski definition) is 0. The van der Waals surface area contributed by atoms with Crippen LogP contribution in [0, 0.1) is 5.41 Å². The van der Waals surface area contributed by atoms with Crippen LogP contribution in [0.15, 0.2) is 18.5 Å². The summed E-state index contributed by atoms with van der Waals surface area (Å²) in [5.74, 6) is 0. The van der Waals surface area contributed by atoms with Crippen LogP contribution in [0.1, 0.15) is 39.2 Å². The molecule has 2 aliphatic rings. The summed E-state index contributed by atoms with van der Waals surface area (Å²) in [7, 11) is 0. The molecular formula is C18H24F3N3O2. The Morgan fingerprint density at radius 3 is 2.50 bits per heavy atom. The van der Waals surface area contributed by atoms with Crippen LogP contribution >= 0.6 is 0 Å². The number of carbonyl (C=O) groups excluding carboxylic acids is 1. The molecule has 144 valence electrons. The lowest BCUT2D eigenvalue weighted by atomic mass is 9.86. The molecule has 0 aliphatic carbocycles.